The van der Waals surface area contributed by atoms with Gasteiger partial charge < -0.3 is 19.5 Å². The predicted molar refractivity (Wildman–Crippen MR) is 92.5 cm³/mol. The molecule has 0 aliphatic carbocycles. The number of carbonyl (C=O) groups excluding carboxylic acids is 1. The summed E-state index contributed by atoms with van der Waals surface area (Å²) in [6.07, 6.45) is 0.958. The smallest absolute Gasteiger partial charge is 0.257 e. The van der Waals surface area contributed by atoms with Gasteiger partial charge in [0.05, 0.1) is 13.2 Å². The maximum atomic E-state index is 12.2. The highest BCUT2D eigenvalue weighted by Gasteiger charge is 2.16. The molecule has 1 amide bonds. The van der Waals surface area contributed by atoms with E-state index in [0.717, 1.165) is 45.8 Å². The molecule has 2 aliphatic heterocycles. The Hall–Kier alpha value is -1.90. The van der Waals surface area contributed by atoms with Crippen LogP contribution < -0.4 is 20.1 Å². The Labute approximate surface area is 146 Å². The first-order chi connectivity index (χ1) is 11.7. The van der Waals surface area contributed by atoms with Crippen LogP contribution in [-0.4, -0.2) is 62.1 Å². The molecule has 0 saturated carbocycles. The Morgan fingerprint density at radius 2 is 2.00 bits per heavy atom. The van der Waals surface area contributed by atoms with Gasteiger partial charge in [-0.1, -0.05) is 0 Å². The molecule has 1 saturated heterocycles. The fourth-order valence-corrected chi connectivity index (χ4v) is 2.78. The van der Waals surface area contributed by atoms with Gasteiger partial charge in [0, 0.05) is 25.2 Å². The average Bonchev–Trinajstić information content (AvgIpc) is 3.07. The molecule has 2 aliphatic rings. The number of amides is 1. The van der Waals surface area contributed by atoms with E-state index in [4.69, 9.17) is 26.4 Å². The summed E-state index contributed by atoms with van der Waals surface area (Å²) in [6, 6.07) is 5.05. The number of fused-ring (bicyclic) bond motifs is 1. The van der Waals surface area contributed by atoms with Crippen molar-refractivity contribution in [1.29, 1.82) is 0 Å². The first kappa shape index (κ1) is 16.9. The van der Waals surface area contributed by atoms with Crippen LogP contribution in [0, 0.1) is 0 Å². The third-order valence-electron chi connectivity index (χ3n) is 3.90. The summed E-state index contributed by atoms with van der Waals surface area (Å²) in [5.74, 6) is 0.960. The molecule has 0 bridgehead atoms. The Balaban J connectivity index is 1.37. The van der Waals surface area contributed by atoms with Crippen LogP contribution in [0.1, 0.15) is 16.8 Å². The highest BCUT2D eigenvalue weighted by molar-refractivity contribution is 7.80. The zero-order valence-electron chi connectivity index (χ0n) is 13.4. The van der Waals surface area contributed by atoms with E-state index in [1.54, 1.807) is 18.2 Å². The van der Waals surface area contributed by atoms with Crippen molar-refractivity contribution in [2.24, 2.45) is 0 Å². The predicted octanol–water partition coefficient (Wildman–Crippen LogP) is 0.742. The largest absolute Gasteiger partial charge is 0.454 e. The molecular weight excluding hydrogens is 330 g/mol. The highest BCUT2D eigenvalue weighted by atomic mass is 32.1. The van der Waals surface area contributed by atoms with Gasteiger partial charge in [0.25, 0.3) is 5.91 Å². The molecular formula is C16H21N3O4S. The molecule has 0 atom stereocenters. The molecule has 7 nitrogen and oxygen atoms in total. The van der Waals surface area contributed by atoms with Crippen molar-refractivity contribution >= 4 is 23.2 Å². The molecule has 0 spiro atoms. The van der Waals surface area contributed by atoms with Gasteiger partial charge >= 0.3 is 0 Å². The van der Waals surface area contributed by atoms with Crippen LogP contribution in [0.4, 0.5) is 0 Å². The third-order valence-corrected chi connectivity index (χ3v) is 4.15. The molecule has 3 rings (SSSR count). The summed E-state index contributed by atoms with van der Waals surface area (Å²) in [6.45, 7) is 5.46. The number of nitrogens with one attached hydrogen (secondary N) is 2. The van der Waals surface area contributed by atoms with Gasteiger partial charge in [0.2, 0.25) is 6.79 Å². The monoisotopic (exact) mass is 351 g/mol. The molecule has 8 heteroatoms. The first-order valence-electron chi connectivity index (χ1n) is 8.01. The number of hydrogen-bond acceptors (Lipinski definition) is 6. The van der Waals surface area contributed by atoms with E-state index >= 15 is 0 Å². The van der Waals surface area contributed by atoms with Gasteiger partial charge in [-0.25, -0.2) is 0 Å². The zero-order valence-corrected chi connectivity index (χ0v) is 14.2. The van der Waals surface area contributed by atoms with E-state index in [0.29, 0.717) is 22.2 Å². The maximum absolute atomic E-state index is 12.2. The fourth-order valence-electron chi connectivity index (χ4n) is 2.59. The summed E-state index contributed by atoms with van der Waals surface area (Å²) in [4.78, 5) is 14.5. The van der Waals surface area contributed by atoms with Crippen LogP contribution in [0.15, 0.2) is 18.2 Å². The summed E-state index contributed by atoms with van der Waals surface area (Å²) in [5, 5.41) is 6.07. The van der Waals surface area contributed by atoms with Gasteiger partial charge in [0.15, 0.2) is 16.6 Å². The number of morpholine rings is 1. The SMILES string of the molecule is O=C(NC(=S)NCCCN1CCOCC1)c1ccc2c(c1)OCO2. The van der Waals surface area contributed by atoms with Crippen molar-refractivity contribution < 1.29 is 19.0 Å². The van der Waals surface area contributed by atoms with Gasteiger partial charge in [-0.15, -0.1) is 0 Å². The van der Waals surface area contributed by atoms with Crippen molar-refractivity contribution in [3.8, 4) is 11.5 Å². The molecule has 24 heavy (non-hydrogen) atoms. The zero-order chi connectivity index (χ0) is 16.8. The Bertz CT molecular complexity index is 605. The number of hydrogen-bond donors (Lipinski definition) is 2. The van der Waals surface area contributed by atoms with E-state index in [2.05, 4.69) is 15.5 Å². The lowest BCUT2D eigenvalue weighted by Gasteiger charge is -2.26. The van der Waals surface area contributed by atoms with Gasteiger partial charge in [0.1, 0.15) is 0 Å². The van der Waals surface area contributed by atoms with Crippen LogP contribution >= 0.6 is 12.2 Å². The lowest BCUT2D eigenvalue weighted by atomic mass is 10.2. The maximum Gasteiger partial charge on any atom is 0.257 e. The summed E-state index contributed by atoms with van der Waals surface area (Å²) < 4.78 is 15.8. The van der Waals surface area contributed by atoms with Crippen molar-refractivity contribution in [1.82, 2.24) is 15.5 Å². The topological polar surface area (TPSA) is 72.1 Å². The molecule has 0 aromatic heterocycles. The van der Waals surface area contributed by atoms with E-state index in [9.17, 15) is 4.79 Å². The normalized spacial score (nSPS) is 16.7. The van der Waals surface area contributed by atoms with Crippen LogP contribution in [0.25, 0.3) is 0 Å². The lowest BCUT2D eigenvalue weighted by molar-refractivity contribution is 0.0376. The van der Waals surface area contributed by atoms with Crippen molar-refractivity contribution in [3.63, 3.8) is 0 Å². The molecule has 2 N–H and O–H groups in total. The summed E-state index contributed by atoms with van der Waals surface area (Å²) in [5.41, 5.74) is 0.483. The second kappa shape index (κ2) is 8.27. The van der Waals surface area contributed by atoms with E-state index < -0.39 is 0 Å². The van der Waals surface area contributed by atoms with E-state index in [1.165, 1.54) is 0 Å². The Morgan fingerprint density at radius 3 is 2.83 bits per heavy atom. The van der Waals surface area contributed by atoms with Crippen LogP contribution in [-0.2, 0) is 4.74 Å². The minimum atomic E-state index is -0.265. The third kappa shape index (κ3) is 4.56. The standard InChI is InChI=1S/C16H21N3O4S/c20-15(12-2-3-13-14(10-12)23-11-22-13)18-16(24)17-4-1-5-19-6-8-21-9-7-19/h2-3,10H,1,4-9,11H2,(H2,17,18,20,24). The molecule has 1 aromatic rings. The fraction of sp³-hybridized carbons (Fsp3) is 0.500. The Morgan fingerprint density at radius 1 is 1.21 bits per heavy atom. The number of carbonyl (C=O) groups is 1. The van der Waals surface area contributed by atoms with E-state index in [1.807, 2.05) is 0 Å². The number of rotatable bonds is 5. The van der Waals surface area contributed by atoms with E-state index in [-0.39, 0.29) is 12.7 Å². The molecule has 2 heterocycles. The number of thiocarbonyl (C=S) groups is 1. The number of benzene rings is 1. The second-order valence-corrected chi connectivity index (χ2v) is 5.99. The Kier molecular flexibility index (Phi) is 5.84. The second-order valence-electron chi connectivity index (χ2n) is 5.59. The average molecular weight is 351 g/mol. The first-order valence-corrected chi connectivity index (χ1v) is 8.42. The lowest BCUT2D eigenvalue weighted by Crippen LogP contribution is -2.41. The van der Waals surface area contributed by atoms with Gasteiger partial charge in [-0.2, -0.15) is 0 Å². The highest BCUT2D eigenvalue weighted by Crippen LogP contribution is 2.32. The van der Waals surface area contributed by atoms with Crippen LogP contribution in [0.2, 0.25) is 0 Å². The molecule has 0 radical (unpaired) electrons. The molecule has 0 unspecified atom stereocenters. The van der Waals surface area contributed by atoms with Gasteiger partial charge in [-0.3, -0.25) is 15.0 Å². The molecule has 130 valence electrons. The minimum Gasteiger partial charge on any atom is -0.454 e. The minimum absolute atomic E-state index is 0.184. The summed E-state index contributed by atoms with van der Waals surface area (Å²) in [7, 11) is 0. The number of ether oxygens (including phenoxy) is 3. The van der Waals surface area contributed by atoms with Crippen LogP contribution in [0.5, 0.6) is 11.5 Å². The van der Waals surface area contributed by atoms with Crippen molar-refractivity contribution in [2.75, 3.05) is 46.2 Å². The van der Waals surface area contributed by atoms with Crippen molar-refractivity contribution in [3.05, 3.63) is 23.8 Å². The number of nitrogens with zero attached hydrogens (tertiary/aromatic N) is 1. The van der Waals surface area contributed by atoms with Gasteiger partial charge in [-0.05, 0) is 43.4 Å². The van der Waals surface area contributed by atoms with Crippen LogP contribution in [0.3, 0.4) is 0 Å². The van der Waals surface area contributed by atoms with Crippen molar-refractivity contribution in [2.45, 2.75) is 6.42 Å². The quantitative estimate of drug-likeness (QED) is 0.599. The molecule has 1 fully saturated rings. The summed E-state index contributed by atoms with van der Waals surface area (Å²) >= 11 is 5.17. The molecule has 1 aromatic carbocycles.